The Balaban J connectivity index is 1.33. The van der Waals surface area contributed by atoms with Crippen molar-refractivity contribution in [3.8, 4) is 11.3 Å². The second kappa shape index (κ2) is 10.2. The van der Waals surface area contributed by atoms with Crippen LogP contribution in [0.1, 0.15) is 38.4 Å². The molecule has 0 atom stereocenters. The molecule has 180 valence electrons. The first-order chi connectivity index (χ1) is 17.5. The molecule has 0 bridgehead atoms. The number of hydrogen-bond donors (Lipinski definition) is 1. The van der Waals surface area contributed by atoms with Crippen LogP contribution in [0.4, 0.5) is 0 Å². The van der Waals surface area contributed by atoms with Crippen LogP contribution in [0.25, 0.3) is 22.2 Å². The number of hydrogen-bond acceptors (Lipinski definition) is 5. The molecule has 0 radical (unpaired) electrons. The minimum atomic E-state index is 0.102. The summed E-state index contributed by atoms with van der Waals surface area (Å²) in [4.78, 5) is 32.0. The lowest BCUT2D eigenvalue weighted by Gasteiger charge is -2.10. The summed E-state index contributed by atoms with van der Waals surface area (Å²) in [6, 6.07) is 17.9. The van der Waals surface area contributed by atoms with Gasteiger partial charge in [0.2, 0.25) is 0 Å². The molecule has 0 aliphatic carbocycles. The van der Waals surface area contributed by atoms with Gasteiger partial charge in [0, 0.05) is 66.2 Å². The molecule has 0 unspecified atom stereocenters. The van der Waals surface area contributed by atoms with E-state index in [4.69, 9.17) is 4.98 Å². The summed E-state index contributed by atoms with van der Waals surface area (Å²) < 4.78 is 0. The molecule has 0 saturated heterocycles. The van der Waals surface area contributed by atoms with Gasteiger partial charge in [-0.3, -0.25) is 9.78 Å². The van der Waals surface area contributed by atoms with Crippen molar-refractivity contribution in [2.24, 2.45) is 0 Å². The van der Waals surface area contributed by atoms with Crippen LogP contribution in [0.3, 0.4) is 0 Å². The van der Waals surface area contributed by atoms with Gasteiger partial charge in [-0.25, -0.2) is 9.97 Å². The van der Waals surface area contributed by atoms with Crippen molar-refractivity contribution < 1.29 is 4.79 Å². The summed E-state index contributed by atoms with van der Waals surface area (Å²) in [6.45, 7) is 2.94. The monoisotopic (exact) mass is 475 g/mol. The topological polar surface area (TPSA) is 74.8 Å². The molecular formula is C30H29N5O. The zero-order valence-corrected chi connectivity index (χ0v) is 20.8. The second-order valence-corrected chi connectivity index (χ2v) is 9.45. The number of aromatic nitrogens is 4. The fourth-order valence-corrected chi connectivity index (χ4v) is 4.47. The lowest BCUT2D eigenvalue weighted by Crippen LogP contribution is -2.10. The van der Waals surface area contributed by atoms with E-state index in [1.165, 1.54) is 5.56 Å². The minimum absolute atomic E-state index is 0.102. The van der Waals surface area contributed by atoms with Gasteiger partial charge in [0.25, 0.3) is 0 Å². The Hall–Kier alpha value is -4.16. The molecule has 1 N–H and O–H groups in total. The van der Waals surface area contributed by atoms with Crippen LogP contribution in [0.2, 0.25) is 0 Å². The van der Waals surface area contributed by atoms with Gasteiger partial charge in [-0.2, -0.15) is 0 Å². The molecule has 0 spiro atoms. The van der Waals surface area contributed by atoms with Crippen LogP contribution in [0.5, 0.6) is 0 Å². The molecule has 3 heterocycles. The van der Waals surface area contributed by atoms with E-state index in [-0.39, 0.29) is 5.78 Å². The van der Waals surface area contributed by atoms with Gasteiger partial charge in [0.05, 0.1) is 5.69 Å². The van der Waals surface area contributed by atoms with Crippen molar-refractivity contribution in [1.29, 1.82) is 0 Å². The number of aryl methyl sites for hydroxylation is 1. The largest absolute Gasteiger partial charge is 0.361 e. The first kappa shape index (κ1) is 23.6. The number of H-pyrrole nitrogens is 1. The highest BCUT2D eigenvalue weighted by atomic mass is 16.1. The fourth-order valence-electron chi connectivity index (χ4n) is 4.47. The number of carbonyl (C=O) groups excluding carboxylic acids is 1. The summed E-state index contributed by atoms with van der Waals surface area (Å²) in [7, 11) is 4.10. The lowest BCUT2D eigenvalue weighted by atomic mass is 9.97. The predicted molar refractivity (Wildman–Crippen MR) is 143 cm³/mol. The molecule has 0 aliphatic heterocycles. The van der Waals surface area contributed by atoms with Crippen molar-refractivity contribution in [2.45, 2.75) is 26.3 Å². The number of Topliss-reactive ketones (excluding diaryl/α,β-unsaturated/α-hetero) is 1. The molecule has 36 heavy (non-hydrogen) atoms. The van der Waals surface area contributed by atoms with E-state index < -0.39 is 0 Å². The number of fused-ring (bicyclic) bond motifs is 1. The summed E-state index contributed by atoms with van der Waals surface area (Å²) in [5.74, 6) is 0.846. The Bertz CT molecular complexity index is 1520. The maximum absolute atomic E-state index is 13.1. The number of carbonyl (C=O) groups is 1. The zero-order chi connectivity index (χ0) is 25.1. The van der Waals surface area contributed by atoms with Gasteiger partial charge in [-0.05, 0) is 67.5 Å². The van der Waals surface area contributed by atoms with Crippen molar-refractivity contribution in [3.05, 3.63) is 113 Å². The summed E-state index contributed by atoms with van der Waals surface area (Å²) in [6.07, 6.45) is 8.31. The normalized spacial score (nSPS) is 11.3. The molecule has 2 aromatic carbocycles. The number of benzene rings is 2. The lowest BCUT2D eigenvalue weighted by molar-refractivity contribution is 0.0993. The van der Waals surface area contributed by atoms with E-state index in [1.54, 1.807) is 18.6 Å². The quantitative estimate of drug-likeness (QED) is 0.304. The Kier molecular flexibility index (Phi) is 6.69. The molecule has 0 saturated carbocycles. The first-order valence-electron chi connectivity index (χ1n) is 12.0. The van der Waals surface area contributed by atoms with Crippen LogP contribution in [0.15, 0.2) is 79.4 Å². The van der Waals surface area contributed by atoms with E-state index in [1.807, 2.05) is 48.7 Å². The van der Waals surface area contributed by atoms with Crippen molar-refractivity contribution >= 4 is 16.7 Å². The van der Waals surface area contributed by atoms with Gasteiger partial charge >= 0.3 is 0 Å². The number of pyridine rings is 1. The van der Waals surface area contributed by atoms with Gasteiger partial charge in [-0.15, -0.1) is 0 Å². The van der Waals surface area contributed by atoms with Crippen LogP contribution in [0, 0.1) is 6.92 Å². The Morgan fingerprint density at radius 1 is 1.00 bits per heavy atom. The Labute approximate surface area is 211 Å². The standard InChI is InChI=1S/C30H29N5O/c1-20-6-7-21(13-24(20)16-30-32-12-10-27(34-30)23-5-4-11-31-17-23)14-29(36)22-8-9-26-25(19-35(2)3)18-33-28(26)15-22/h4-13,15,17-18,33H,14,16,19H2,1-3H3. The maximum Gasteiger partial charge on any atom is 0.167 e. The highest BCUT2D eigenvalue weighted by molar-refractivity contribution is 6.01. The number of rotatable bonds is 8. The molecule has 0 aliphatic rings. The van der Waals surface area contributed by atoms with Gasteiger partial charge in [0.1, 0.15) is 5.82 Å². The van der Waals surface area contributed by atoms with Gasteiger partial charge in [0.15, 0.2) is 5.78 Å². The molecule has 0 fully saturated rings. The number of ketones is 1. The van der Waals surface area contributed by atoms with Crippen LogP contribution in [-0.4, -0.2) is 44.7 Å². The maximum atomic E-state index is 13.1. The van der Waals surface area contributed by atoms with Crippen LogP contribution >= 0.6 is 0 Å². The highest BCUT2D eigenvalue weighted by Gasteiger charge is 2.13. The van der Waals surface area contributed by atoms with Gasteiger partial charge < -0.3 is 9.88 Å². The van der Waals surface area contributed by atoms with Gasteiger partial charge in [-0.1, -0.05) is 30.3 Å². The van der Waals surface area contributed by atoms with Crippen molar-refractivity contribution in [2.75, 3.05) is 14.1 Å². The van der Waals surface area contributed by atoms with E-state index in [2.05, 4.69) is 53.0 Å². The third-order valence-electron chi connectivity index (χ3n) is 6.37. The van der Waals surface area contributed by atoms with E-state index in [0.717, 1.165) is 56.8 Å². The van der Waals surface area contributed by atoms with Crippen molar-refractivity contribution in [3.63, 3.8) is 0 Å². The Morgan fingerprint density at radius 2 is 1.89 bits per heavy atom. The first-order valence-corrected chi connectivity index (χ1v) is 12.0. The molecule has 0 amide bonds. The van der Waals surface area contributed by atoms with Crippen LogP contribution in [-0.2, 0) is 19.4 Å². The van der Waals surface area contributed by atoms with E-state index in [0.29, 0.717) is 12.8 Å². The molecular weight excluding hydrogens is 446 g/mol. The molecule has 5 aromatic rings. The van der Waals surface area contributed by atoms with E-state index >= 15 is 0 Å². The predicted octanol–water partition coefficient (Wildman–Crippen LogP) is 5.41. The summed E-state index contributed by atoms with van der Waals surface area (Å²) in [5.41, 5.74) is 8.02. The van der Waals surface area contributed by atoms with Crippen LogP contribution < -0.4 is 0 Å². The van der Waals surface area contributed by atoms with Crippen molar-refractivity contribution in [1.82, 2.24) is 24.8 Å². The third kappa shape index (κ3) is 5.24. The fraction of sp³-hybridized carbons (Fsp3) is 0.200. The summed E-state index contributed by atoms with van der Waals surface area (Å²) >= 11 is 0. The molecule has 6 heteroatoms. The van der Waals surface area contributed by atoms with E-state index in [9.17, 15) is 4.79 Å². The Morgan fingerprint density at radius 3 is 2.69 bits per heavy atom. The summed E-state index contributed by atoms with van der Waals surface area (Å²) in [5, 5.41) is 1.16. The zero-order valence-electron chi connectivity index (χ0n) is 20.8. The SMILES string of the molecule is Cc1ccc(CC(=O)c2ccc3c(CN(C)C)c[nH]c3c2)cc1Cc1nccc(-c2cccnc2)n1. The molecule has 6 nitrogen and oxygen atoms in total. The third-order valence-corrected chi connectivity index (χ3v) is 6.37. The average molecular weight is 476 g/mol. The number of nitrogens with zero attached hydrogens (tertiary/aromatic N) is 4. The number of nitrogens with one attached hydrogen (secondary N) is 1. The highest BCUT2D eigenvalue weighted by Crippen LogP contribution is 2.23. The smallest absolute Gasteiger partial charge is 0.167 e. The molecule has 3 aromatic heterocycles. The second-order valence-electron chi connectivity index (χ2n) is 9.45. The average Bonchev–Trinajstić information content (AvgIpc) is 3.28. The minimum Gasteiger partial charge on any atom is -0.361 e. The number of aromatic amines is 1. The molecule has 5 rings (SSSR count).